The Morgan fingerprint density at radius 2 is 1.58 bits per heavy atom. The minimum atomic E-state index is -1.35. The van der Waals surface area contributed by atoms with E-state index in [0.717, 1.165) is 0 Å². The first kappa shape index (κ1) is 26.8. The number of carbonyl (C=O) groups is 2. The predicted octanol–water partition coefficient (Wildman–Crippen LogP) is 1.57. The molecule has 14 nitrogen and oxygen atoms in total. The molecule has 2 aliphatic rings. The van der Waals surface area contributed by atoms with Crippen LogP contribution < -0.4 is 0 Å². The van der Waals surface area contributed by atoms with E-state index in [1.54, 1.807) is 0 Å². The van der Waals surface area contributed by atoms with Crippen molar-refractivity contribution in [3.05, 3.63) is 20.2 Å². The average Bonchev–Trinajstić information content (AvgIpc) is 2.78. The van der Waals surface area contributed by atoms with Crippen molar-refractivity contribution in [2.75, 3.05) is 26.4 Å². The summed E-state index contributed by atoms with van der Waals surface area (Å²) >= 11 is 0. The fraction of sp³-hybridized carbons (Fsp3) is 0.895. The topological polar surface area (TPSA) is 198 Å². The van der Waals surface area contributed by atoms with E-state index in [4.69, 9.17) is 19.8 Å². The fourth-order valence-electron chi connectivity index (χ4n) is 4.72. The van der Waals surface area contributed by atoms with E-state index in [9.17, 15) is 34.9 Å². The highest BCUT2D eigenvalue weighted by atomic mass is 17.2. The van der Waals surface area contributed by atoms with Gasteiger partial charge < -0.3 is 9.84 Å². The molecule has 6 unspecified atom stereocenters. The van der Waals surface area contributed by atoms with Gasteiger partial charge in [0.15, 0.2) is 0 Å². The van der Waals surface area contributed by atoms with Gasteiger partial charge in [0.1, 0.15) is 5.92 Å². The Kier molecular flexibility index (Phi) is 10.8. The van der Waals surface area contributed by atoms with Crippen LogP contribution in [0, 0.1) is 43.9 Å². The zero-order valence-corrected chi connectivity index (χ0v) is 18.1. The van der Waals surface area contributed by atoms with E-state index in [2.05, 4.69) is 4.89 Å². The van der Waals surface area contributed by atoms with Crippen LogP contribution in [0.5, 0.6) is 0 Å². The Hall–Kier alpha value is -2.42. The molecular formula is C19H30N2O12. The summed E-state index contributed by atoms with van der Waals surface area (Å²) in [5.41, 5.74) is 0. The molecule has 2 aliphatic carbocycles. The number of hydrogen-bond acceptors (Lipinski definition) is 11. The molecule has 6 atom stereocenters. The first-order chi connectivity index (χ1) is 15.8. The number of esters is 1. The van der Waals surface area contributed by atoms with E-state index in [-0.39, 0.29) is 56.5 Å². The lowest BCUT2D eigenvalue weighted by atomic mass is 9.76. The lowest BCUT2D eigenvalue weighted by molar-refractivity contribution is -0.542. The summed E-state index contributed by atoms with van der Waals surface area (Å²) < 4.78 is 5.06. The van der Waals surface area contributed by atoms with E-state index in [0.29, 0.717) is 25.7 Å². The molecular weight excluding hydrogens is 448 g/mol. The monoisotopic (exact) mass is 478 g/mol. The Balaban J connectivity index is 1.74. The van der Waals surface area contributed by atoms with Crippen LogP contribution in [0.2, 0.25) is 0 Å². The van der Waals surface area contributed by atoms with Crippen molar-refractivity contribution in [3.8, 4) is 0 Å². The van der Waals surface area contributed by atoms with Crippen molar-refractivity contribution >= 4 is 11.9 Å². The molecule has 0 saturated heterocycles. The summed E-state index contributed by atoms with van der Waals surface area (Å²) in [4.78, 5) is 59.6. The Bertz CT molecular complexity index is 666. The van der Waals surface area contributed by atoms with Gasteiger partial charge in [-0.05, 0) is 31.6 Å². The molecule has 33 heavy (non-hydrogen) atoms. The van der Waals surface area contributed by atoms with Gasteiger partial charge in [0.2, 0.25) is 12.1 Å². The quantitative estimate of drug-likeness (QED) is 0.127. The van der Waals surface area contributed by atoms with Gasteiger partial charge in [-0.3, -0.25) is 35.1 Å². The maximum Gasteiger partial charge on any atom is 0.316 e. The number of rotatable bonds is 13. The number of carbonyl (C=O) groups excluding carboxylic acids is 1. The number of nitrogens with zero attached hydrogens (tertiary/aromatic N) is 2. The molecule has 2 N–H and O–H groups in total. The molecule has 0 bridgehead atoms. The number of carboxylic acid groups (broad SMARTS) is 1. The van der Waals surface area contributed by atoms with E-state index < -0.39 is 46.7 Å². The predicted molar refractivity (Wildman–Crippen MR) is 107 cm³/mol. The molecule has 0 amide bonds. The summed E-state index contributed by atoms with van der Waals surface area (Å²) in [6.07, 6.45) is 2.49. The normalized spacial score (nSPS) is 29.8. The third kappa shape index (κ3) is 7.55. The average molecular weight is 478 g/mol. The first-order valence-electron chi connectivity index (χ1n) is 10.9. The maximum absolute atomic E-state index is 12.4. The molecule has 14 heteroatoms. The van der Waals surface area contributed by atoms with Crippen LogP contribution >= 0.6 is 0 Å². The van der Waals surface area contributed by atoms with Crippen LogP contribution in [0.1, 0.15) is 44.9 Å². The van der Waals surface area contributed by atoms with E-state index in [1.807, 2.05) is 0 Å². The molecule has 188 valence electrons. The smallest absolute Gasteiger partial charge is 0.316 e. The standard InChI is InChI=1S/C19H30N2O12/c22-18(23)13-5-2-7-16(21(27)28)17(13)19(24)30-8-3-9-32-33-11-14-12(10-31-29)4-1-6-15(14)20(25)26/h12-17,29H,1-11H2,(H,22,23). The molecule has 0 heterocycles. The second-order valence-electron chi connectivity index (χ2n) is 8.38. The number of hydrogen-bond donors (Lipinski definition) is 2. The SMILES string of the molecule is O=C(O)C1CCCC([N+](=O)[O-])C1C(=O)OCCCOOCC1C(COO)CCCC1[N+](=O)[O-]. The van der Waals surface area contributed by atoms with Crippen LogP contribution in [0.4, 0.5) is 0 Å². The highest BCUT2D eigenvalue weighted by molar-refractivity contribution is 5.81. The van der Waals surface area contributed by atoms with Crippen molar-refractivity contribution in [3.63, 3.8) is 0 Å². The van der Waals surface area contributed by atoms with Crippen LogP contribution in [0.25, 0.3) is 0 Å². The molecule has 0 aromatic rings. The Morgan fingerprint density at radius 1 is 0.909 bits per heavy atom. The molecule has 0 aliphatic heterocycles. The number of carboxylic acids is 1. The zero-order chi connectivity index (χ0) is 24.4. The molecule has 0 spiro atoms. The van der Waals surface area contributed by atoms with Crippen molar-refractivity contribution in [2.24, 2.45) is 23.7 Å². The van der Waals surface area contributed by atoms with Crippen molar-refractivity contribution in [2.45, 2.75) is 57.0 Å². The van der Waals surface area contributed by atoms with E-state index in [1.165, 1.54) is 0 Å². The fourth-order valence-corrected chi connectivity index (χ4v) is 4.72. The minimum Gasteiger partial charge on any atom is -0.481 e. The van der Waals surface area contributed by atoms with Crippen LogP contribution in [0.3, 0.4) is 0 Å². The summed E-state index contributed by atoms with van der Waals surface area (Å²) in [7, 11) is 0. The third-order valence-corrected chi connectivity index (χ3v) is 6.42. The number of aliphatic carboxylic acids is 1. The van der Waals surface area contributed by atoms with Gasteiger partial charge in [0, 0.05) is 29.1 Å². The maximum atomic E-state index is 12.4. The lowest BCUT2D eigenvalue weighted by Crippen LogP contribution is -2.46. The lowest BCUT2D eigenvalue weighted by Gasteiger charge is -2.31. The Morgan fingerprint density at radius 3 is 2.21 bits per heavy atom. The van der Waals surface area contributed by atoms with Crippen molar-refractivity contribution in [1.29, 1.82) is 0 Å². The van der Waals surface area contributed by atoms with Crippen LogP contribution in [-0.4, -0.2) is 70.7 Å². The van der Waals surface area contributed by atoms with Gasteiger partial charge in [-0.2, -0.15) is 0 Å². The van der Waals surface area contributed by atoms with Crippen molar-refractivity contribution < 1.29 is 49.2 Å². The highest BCUT2D eigenvalue weighted by Crippen LogP contribution is 2.34. The van der Waals surface area contributed by atoms with E-state index >= 15 is 0 Å². The van der Waals surface area contributed by atoms with Crippen molar-refractivity contribution in [1.82, 2.24) is 0 Å². The van der Waals surface area contributed by atoms with Gasteiger partial charge in [0.25, 0.3) is 0 Å². The van der Waals surface area contributed by atoms with Gasteiger partial charge in [0.05, 0.1) is 38.3 Å². The largest absolute Gasteiger partial charge is 0.481 e. The van der Waals surface area contributed by atoms with Crippen LogP contribution in [0.15, 0.2) is 0 Å². The van der Waals surface area contributed by atoms with Crippen LogP contribution in [-0.2, 0) is 29.0 Å². The van der Waals surface area contributed by atoms with Gasteiger partial charge in [-0.25, -0.2) is 14.7 Å². The molecule has 2 saturated carbocycles. The van der Waals surface area contributed by atoms with Gasteiger partial charge in [-0.15, -0.1) is 0 Å². The van der Waals surface area contributed by atoms with Gasteiger partial charge in [-0.1, -0.05) is 0 Å². The summed E-state index contributed by atoms with van der Waals surface area (Å²) in [5.74, 6) is -5.46. The third-order valence-electron chi connectivity index (χ3n) is 6.42. The summed E-state index contributed by atoms with van der Waals surface area (Å²) in [6.45, 7) is -0.294. The minimum absolute atomic E-state index is 0.0179. The first-order valence-corrected chi connectivity index (χ1v) is 10.9. The Labute approximate surface area is 189 Å². The summed E-state index contributed by atoms with van der Waals surface area (Å²) in [5, 5.41) is 40.6. The highest BCUT2D eigenvalue weighted by Gasteiger charge is 2.49. The summed E-state index contributed by atoms with van der Waals surface area (Å²) in [6, 6.07) is -2.14. The van der Waals surface area contributed by atoms with Gasteiger partial charge >= 0.3 is 11.9 Å². The molecule has 0 aromatic heterocycles. The second kappa shape index (κ2) is 13.3. The molecule has 0 aromatic carbocycles. The number of ether oxygens (including phenoxy) is 1. The second-order valence-corrected chi connectivity index (χ2v) is 8.38. The molecule has 2 rings (SSSR count). The molecule has 0 radical (unpaired) electrons. The zero-order valence-electron chi connectivity index (χ0n) is 18.1. The molecule has 2 fully saturated rings. The number of nitro groups is 2.